The Labute approximate surface area is 145 Å². The molecule has 2 aromatic carbocycles. The number of ether oxygens (including phenoxy) is 3. The summed E-state index contributed by atoms with van der Waals surface area (Å²) < 4.78 is 16.0. The van der Waals surface area contributed by atoms with E-state index in [1.54, 1.807) is 24.3 Å². The van der Waals surface area contributed by atoms with Crippen LogP contribution in [0.25, 0.3) is 11.0 Å². The molecule has 0 saturated carbocycles. The van der Waals surface area contributed by atoms with Crippen LogP contribution in [0.4, 0.5) is 0 Å². The van der Waals surface area contributed by atoms with Crippen LogP contribution in [0.1, 0.15) is 16.1 Å². The van der Waals surface area contributed by atoms with Crippen molar-refractivity contribution in [3.05, 3.63) is 59.8 Å². The summed E-state index contributed by atoms with van der Waals surface area (Å²) in [4.78, 5) is 20.4. The number of carbonyl (C=O) groups is 1. The molecule has 0 atom stereocenters. The summed E-state index contributed by atoms with van der Waals surface area (Å²) in [5.41, 5.74) is 2.79. The maximum Gasteiger partial charge on any atom is 0.337 e. The standard InChI is InChI=1S/C19H18N2O4/c1-13-18(21-17-9-4-3-8-16(17)20-13)25-11-10-24-15-7-5-6-14(12-15)19(22)23-2/h3-9,12H,10-11H2,1-2H3. The fourth-order valence-corrected chi connectivity index (χ4v) is 2.34. The van der Waals surface area contributed by atoms with Gasteiger partial charge in [0, 0.05) is 0 Å². The van der Waals surface area contributed by atoms with Gasteiger partial charge in [-0.3, -0.25) is 0 Å². The molecule has 1 heterocycles. The predicted octanol–water partition coefficient (Wildman–Crippen LogP) is 3.18. The summed E-state index contributed by atoms with van der Waals surface area (Å²) in [5.74, 6) is 0.669. The fourth-order valence-electron chi connectivity index (χ4n) is 2.34. The summed E-state index contributed by atoms with van der Waals surface area (Å²) in [6, 6.07) is 14.5. The van der Waals surface area contributed by atoms with E-state index in [9.17, 15) is 4.79 Å². The van der Waals surface area contributed by atoms with Gasteiger partial charge in [0.15, 0.2) is 0 Å². The molecule has 3 rings (SSSR count). The van der Waals surface area contributed by atoms with Crippen LogP contribution < -0.4 is 9.47 Å². The highest BCUT2D eigenvalue weighted by Crippen LogP contribution is 2.18. The first-order valence-electron chi connectivity index (χ1n) is 7.85. The Morgan fingerprint density at radius 3 is 2.44 bits per heavy atom. The van der Waals surface area contributed by atoms with Crippen LogP contribution >= 0.6 is 0 Å². The van der Waals surface area contributed by atoms with Crippen molar-refractivity contribution >= 4 is 17.0 Å². The number of aromatic nitrogens is 2. The lowest BCUT2D eigenvalue weighted by Crippen LogP contribution is -2.11. The number of rotatable bonds is 6. The van der Waals surface area contributed by atoms with E-state index in [1.165, 1.54) is 7.11 Å². The molecule has 0 N–H and O–H groups in total. The molecule has 0 amide bonds. The average Bonchev–Trinajstić information content (AvgIpc) is 2.65. The highest BCUT2D eigenvalue weighted by atomic mass is 16.5. The Morgan fingerprint density at radius 2 is 1.68 bits per heavy atom. The number of aryl methyl sites for hydroxylation is 1. The molecule has 6 nitrogen and oxygen atoms in total. The second-order valence-electron chi connectivity index (χ2n) is 5.32. The van der Waals surface area contributed by atoms with Gasteiger partial charge in [-0.2, -0.15) is 0 Å². The van der Waals surface area contributed by atoms with E-state index in [2.05, 4.69) is 14.7 Å². The minimum absolute atomic E-state index is 0.316. The molecule has 0 radical (unpaired) electrons. The maximum absolute atomic E-state index is 11.5. The lowest BCUT2D eigenvalue weighted by atomic mass is 10.2. The van der Waals surface area contributed by atoms with E-state index < -0.39 is 5.97 Å². The highest BCUT2D eigenvalue weighted by molar-refractivity contribution is 5.89. The maximum atomic E-state index is 11.5. The molecule has 6 heteroatoms. The Hall–Kier alpha value is -3.15. The van der Waals surface area contributed by atoms with Gasteiger partial charge in [-0.15, -0.1) is 0 Å². The largest absolute Gasteiger partial charge is 0.490 e. The molecule has 0 aliphatic carbocycles. The van der Waals surface area contributed by atoms with E-state index in [-0.39, 0.29) is 0 Å². The molecule has 25 heavy (non-hydrogen) atoms. The minimum atomic E-state index is -0.399. The topological polar surface area (TPSA) is 70.5 Å². The Bertz CT molecular complexity index is 895. The second kappa shape index (κ2) is 7.61. The van der Waals surface area contributed by atoms with Crippen molar-refractivity contribution in [2.75, 3.05) is 20.3 Å². The van der Waals surface area contributed by atoms with Gasteiger partial charge in [-0.05, 0) is 37.3 Å². The number of nitrogens with zero attached hydrogens (tertiary/aromatic N) is 2. The summed E-state index contributed by atoms with van der Waals surface area (Å²) in [5, 5.41) is 0. The summed E-state index contributed by atoms with van der Waals surface area (Å²) >= 11 is 0. The summed E-state index contributed by atoms with van der Waals surface area (Å²) in [7, 11) is 1.34. The molecule has 0 saturated heterocycles. The van der Waals surface area contributed by atoms with Crippen LogP contribution in [0.2, 0.25) is 0 Å². The molecule has 0 aliphatic heterocycles. The Kier molecular flexibility index (Phi) is 5.09. The number of benzene rings is 2. The lowest BCUT2D eigenvalue weighted by Gasteiger charge is -2.10. The number of para-hydroxylation sites is 2. The van der Waals surface area contributed by atoms with Crippen molar-refractivity contribution in [2.24, 2.45) is 0 Å². The zero-order valence-corrected chi connectivity index (χ0v) is 14.1. The SMILES string of the molecule is COC(=O)c1cccc(OCCOc2nc3ccccc3nc2C)c1. The van der Waals surface area contributed by atoms with Gasteiger partial charge in [0.05, 0.1) is 23.7 Å². The number of methoxy groups -OCH3 is 1. The highest BCUT2D eigenvalue weighted by Gasteiger charge is 2.08. The number of hydrogen-bond donors (Lipinski definition) is 0. The first-order chi connectivity index (χ1) is 12.2. The molecule has 0 fully saturated rings. The smallest absolute Gasteiger partial charge is 0.337 e. The Morgan fingerprint density at radius 1 is 0.960 bits per heavy atom. The van der Waals surface area contributed by atoms with Crippen molar-refractivity contribution < 1.29 is 19.0 Å². The van der Waals surface area contributed by atoms with Crippen LogP contribution in [-0.4, -0.2) is 36.3 Å². The third kappa shape index (κ3) is 4.03. The minimum Gasteiger partial charge on any atom is -0.490 e. The van der Waals surface area contributed by atoms with Crippen molar-refractivity contribution in [2.45, 2.75) is 6.92 Å². The van der Waals surface area contributed by atoms with Gasteiger partial charge in [0.2, 0.25) is 5.88 Å². The van der Waals surface area contributed by atoms with Gasteiger partial charge in [-0.1, -0.05) is 18.2 Å². The first kappa shape index (κ1) is 16.7. The van der Waals surface area contributed by atoms with Crippen molar-refractivity contribution in [3.8, 4) is 11.6 Å². The number of carbonyl (C=O) groups excluding carboxylic acids is 1. The van der Waals surface area contributed by atoms with Crippen molar-refractivity contribution in [1.29, 1.82) is 0 Å². The molecular formula is C19H18N2O4. The number of esters is 1. The zero-order valence-electron chi connectivity index (χ0n) is 14.1. The van der Waals surface area contributed by atoms with E-state index in [0.29, 0.717) is 30.4 Å². The van der Waals surface area contributed by atoms with Crippen molar-refractivity contribution in [1.82, 2.24) is 9.97 Å². The number of hydrogen-bond acceptors (Lipinski definition) is 6. The third-order valence-electron chi connectivity index (χ3n) is 3.55. The van der Waals surface area contributed by atoms with E-state index in [4.69, 9.17) is 9.47 Å². The second-order valence-corrected chi connectivity index (χ2v) is 5.32. The Balaban J connectivity index is 1.58. The predicted molar refractivity (Wildman–Crippen MR) is 93.0 cm³/mol. The van der Waals surface area contributed by atoms with Gasteiger partial charge >= 0.3 is 5.97 Å². The molecule has 128 valence electrons. The monoisotopic (exact) mass is 338 g/mol. The van der Waals surface area contributed by atoms with Crippen LogP contribution in [0.3, 0.4) is 0 Å². The van der Waals surface area contributed by atoms with Crippen LogP contribution in [0, 0.1) is 6.92 Å². The molecule has 0 spiro atoms. The van der Waals surface area contributed by atoms with E-state index >= 15 is 0 Å². The number of fused-ring (bicyclic) bond motifs is 1. The van der Waals surface area contributed by atoms with Crippen LogP contribution in [0.15, 0.2) is 48.5 Å². The van der Waals surface area contributed by atoms with Gasteiger partial charge < -0.3 is 14.2 Å². The van der Waals surface area contributed by atoms with Gasteiger partial charge in [0.25, 0.3) is 0 Å². The van der Waals surface area contributed by atoms with E-state index in [0.717, 1.165) is 16.7 Å². The molecule has 1 aromatic heterocycles. The van der Waals surface area contributed by atoms with Crippen molar-refractivity contribution in [3.63, 3.8) is 0 Å². The summed E-state index contributed by atoms with van der Waals surface area (Å²) in [6.07, 6.45) is 0. The van der Waals surface area contributed by atoms with Gasteiger partial charge in [-0.25, -0.2) is 14.8 Å². The fraction of sp³-hybridized carbons (Fsp3) is 0.211. The van der Waals surface area contributed by atoms with Crippen LogP contribution in [-0.2, 0) is 4.74 Å². The molecular weight excluding hydrogens is 320 g/mol. The first-order valence-corrected chi connectivity index (χ1v) is 7.85. The molecule has 3 aromatic rings. The molecule has 0 aliphatic rings. The molecule has 0 unspecified atom stereocenters. The zero-order chi connectivity index (χ0) is 17.6. The summed E-state index contributed by atoms with van der Waals surface area (Å²) in [6.45, 7) is 2.49. The lowest BCUT2D eigenvalue weighted by molar-refractivity contribution is 0.0600. The van der Waals surface area contributed by atoms with Gasteiger partial charge in [0.1, 0.15) is 24.7 Å². The third-order valence-corrected chi connectivity index (χ3v) is 3.55. The normalized spacial score (nSPS) is 10.5. The van der Waals surface area contributed by atoms with E-state index in [1.807, 2.05) is 31.2 Å². The quantitative estimate of drug-likeness (QED) is 0.508. The average molecular weight is 338 g/mol. The molecule has 0 bridgehead atoms. The van der Waals surface area contributed by atoms with Crippen LogP contribution in [0.5, 0.6) is 11.6 Å².